The van der Waals surface area contributed by atoms with Crippen LogP contribution >= 0.6 is 0 Å². The minimum Gasteiger partial charge on any atom is -0.454 e. The van der Waals surface area contributed by atoms with Crippen LogP contribution in [0.5, 0.6) is 11.5 Å². The van der Waals surface area contributed by atoms with E-state index in [0.29, 0.717) is 6.54 Å². The molecule has 4 rings (SSSR count). The third-order valence-corrected chi connectivity index (χ3v) is 5.39. The van der Waals surface area contributed by atoms with Crippen LogP contribution in [0.4, 0.5) is 0 Å². The van der Waals surface area contributed by atoms with Gasteiger partial charge >= 0.3 is 0 Å². The first-order valence-electron chi connectivity index (χ1n) is 10.2. The van der Waals surface area contributed by atoms with Gasteiger partial charge in [0.05, 0.1) is 0 Å². The molecule has 3 aromatic rings. The number of rotatable bonds is 7. The summed E-state index contributed by atoms with van der Waals surface area (Å²) in [4.78, 5) is 12.8. The highest BCUT2D eigenvalue weighted by Gasteiger charge is 2.24. The minimum absolute atomic E-state index is 0.000657. The van der Waals surface area contributed by atoms with Crippen LogP contribution < -0.4 is 20.1 Å². The van der Waals surface area contributed by atoms with Crippen molar-refractivity contribution >= 4 is 5.91 Å². The van der Waals surface area contributed by atoms with E-state index in [-0.39, 0.29) is 24.8 Å². The van der Waals surface area contributed by atoms with Crippen molar-refractivity contribution in [3.05, 3.63) is 95.1 Å². The van der Waals surface area contributed by atoms with Crippen LogP contribution in [-0.2, 0) is 11.3 Å². The predicted octanol–water partition coefficient (Wildman–Crippen LogP) is 3.08. The number of benzene rings is 3. The van der Waals surface area contributed by atoms with E-state index >= 15 is 0 Å². The first-order chi connectivity index (χ1) is 14.6. The summed E-state index contributed by atoms with van der Waals surface area (Å²) in [6.45, 7) is 4.72. The van der Waals surface area contributed by atoms with Gasteiger partial charge in [0.1, 0.15) is 6.04 Å². The average Bonchev–Trinajstić information content (AvgIpc) is 3.25. The molecule has 0 aliphatic carbocycles. The fraction of sp³-hybridized carbons (Fsp3) is 0.240. The fourth-order valence-corrected chi connectivity index (χ4v) is 3.63. The zero-order valence-corrected chi connectivity index (χ0v) is 17.3. The lowest BCUT2D eigenvalue weighted by atomic mass is 9.97. The van der Waals surface area contributed by atoms with Crippen LogP contribution in [0.2, 0.25) is 0 Å². The monoisotopic (exact) mass is 403 g/mol. The molecule has 3 aromatic carbocycles. The van der Waals surface area contributed by atoms with Gasteiger partial charge in [0.25, 0.3) is 5.91 Å². The Balaban J connectivity index is 1.43. The Morgan fingerprint density at radius 2 is 1.67 bits per heavy atom. The van der Waals surface area contributed by atoms with Crippen molar-refractivity contribution in [2.24, 2.45) is 0 Å². The summed E-state index contributed by atoms with van der Waals surface area (Å²) < 4.78 is 10.7. The molecule has 0 fully saturated rings. The van der Waals surface area contributed by atoms with Gasteiger partial charge in [0.15, 0.2) is 17.5 Å². The van der Waals surface area contributed by atoms with Crippen LogP contribution in [0.25, 0.3) is 0 Å². The van der Waals surface area contributed by atoms with Crippen LogP contribution in [0.15, 0.2) is 72.8 Å². The molecule has 0 unspecified atom stereocenters. The number of fused-ring (bicyclic) bond motifs is 1. The van der Waals surface area contributed by atoms with Gasteiger partial charge in [-0.1, -0.05) is 66.2 Å². The number of carbonyl (C=O) groups is 1. The summed E-state index contributed by atoms with van der Waals surface area (Å²) >= 11 is 0. The number of hydrogen-bond donors (Lipinski definition) is 2. The summed E-state index contributed by atoms with van der Waals surface area (Å²) in [5.41, 5.74) is 4.57. The third kappa shape index (κ3) is 4.63. The average molecular weight is 404 g/mol. The van der Waals surface area contributed by atoms with Crippen LogP contribution in [-0.4, -0.2) is 18.7 Å². The Bertz CT molecular complexity index is 1000. The number of nitrogens with one attached hydrogen (secondary N) is 1. The van der Waals surface area contributed by atoms with E-state index in [0.717, 1.165) is 17.1 Å². The van der Waals surface area contributed by atoms with Crippen molar-refractivity contribution in [3.63, 3.8) is 0 Å². The Morgan fingerprint density at radius 1 is 0.967 bits per heavy atom. The zero-order valence-electron chi connectivity index (χ0n) is 17.3. The Kier molecular flexibility index (Phi) is 6.00. The maximum Gasteiger partial charge on any atom is 0.278 e. The molecular formula is C25H27N2O3+. The first-order valence-corrected chi connectivity index (χ1v) is 10.2. The number of quaternary nitrogens is 1. The van der Waals surface area contributed by atoms with Gasteiger partial charge in [0.2, 0.25) is 6.79 Å². The number of hydrogen-bond acceptors (Lipinski definition) is 3. The van der Waals surface area contributed by atoms with E-state index in [9.17, 15) is 4.79 Å². The Hall–Kier alpha value is -3.31. The molecule has 5 nitrogen and oxygen atoms in total. The van der Waals surface area contributed by atoms with Crippen molar-refractivity contribution in [1.29, 1.82) is 0 Å². The lowest BCUT2D eigenvalue weighted by Gasteiger charge is -2.21. The Morgan fingerprint density at radius 3 is 2.43 bits per heavy atom. The van der Waals surface area contributed by atoms with Crippen molar-refractivity contribution in [2.75, 3.05) is 6.79 Å². The molecule has 0 saturated heterocycles. The molecule has 0 radical (unpaired) electrons. The highest BCUT2D eigenvalue weighted by Crippen LogP contribution is 2.32. The van der Waals surface area contributed by atoms with Crippen LogP contribution in [0.1, 0.15) is 35.2 Å². The van der Waals surface area contributed by atoms with Gasteiger partial charge in [-0.15, -0.1) is 0 Å². The van der Waals surface area contributed by atoms with Crippen molar-refractivity contribution < 1.29 is 19.6 Å². The molecular weight excluding hydrogens is 376 g/mol. The van der Waals surface area contributed by atoms with Gasteiger partial charge in [-0.25, -0.2) is 0 Å². The maximum absolute atomic E-state index is 12.8. The second-order valence-electron chi connectivity index (χ2n) is 7.69. The van der Waals surface area contributed by atoms with Gasteiger partial charge in [-0.05, 0) is 31.5 Å². The summed E-state index contributed by atoms with van der Waals surface area (Å²) in [6, 6.07) is 24.4. The van der Waals surface area contributed by atoms with Gasteiger partial charge in [-0.2, -0.15) is 0 Å². The SMILES string of the molecule is Cc1ccc([C@H]([NH2+][C@@H](C)C(=O)NCc2ccc3c(c2)OCO3)c2ccccc2)cc1. The lowest BCUT2D eigenvalue weighted by Crippen LogP contribution is -2.92. The van der Waals surface area contributed by atoms with Gasteiger partial charge in [-0.3, -0.25) is 4.79 Å². The van der Waals surface area contributed by atoms with Crippen molar-refractivity contribution in [1.82, 2.24) is 5.32 Å². The van der Waals surface area contributed by atoms with E-state index in [2.05, 4.69) is 54.0 Å². The number of ether oxygens (including phenoxy) is 2. The van der Waals surface area contributed by atoms with Gasteiger partial charge in [0, 0.05) is 17.7 Å². The second-order valence-corrected chi connectivity index (χ2v) is 7.69. The second kappa shape index (κ2) is 9.01. The normalized spacial score (nSPS) is 14.2. The van der Waals surface area contributed by atoms with E-state index in [1.807, 2.05) is 43.3 Å². The summed E-state index contributed by atoms with van der Waals surface area (Å²) in [5.74, 6) is 1.47. The largest absolute Gasteiger partial charge is 0.454 e. The molecule has 0 aromatic heterocycles. The molecule has 2 atom stereocenters. The molecule has 1 amide bonds. The summed E-state index contributed by atoms with van der Waals surface area (Å²) in [5, 5.41) is 5.16. The third-order valence-electron chi connectivity index (χ3n) is 5.39. The zero-order chi connectivity index (χ0) is 20.9. The van der Waals surface area contributed by atoms with Crippen molar-refractivity contribution in [2.45, 2.75) is 32.5 Å². The van der Waals surface area contributed by atoms with E-state index in [4.69, 9.17) is 9.47 Å². The first kappa shape index (κ1) is 20.0. The fourth-order valence-electron chi connectivity index (χ4n) is 3.63. The molecule has 1 heterocycles. The predicted molar refractivity (Wildman–Crippen MR) is 115 cm³/mol. The Labute approximate surface area is 177 Å². The number of amides is 1. The molecule has 1 aliphatic heterocycles. The van der Waals surface area contributed by atoms with Crippen LogP contribution in [0, 0.1) is 6.92 Å². The lowest BCUT2D eigenvalue weighted by molar-refractivity contribution is -0.704. The quantitative estimate of drug-likeness (QED) is 0.637. The van der Waals surface area contributed by atoms with E-state index in [1.165, 1.54) is 16.7 Å². The van der Waals surface area contributed by atoms with Crippen LogP contribution in [0.3, 0.4) is 0 Å². The molecule has 3 N–H and O–H groups in total. The molecule has 5 heteroatoms. The molecule has 0 spiro atoms. The number of aryl methyl sites for hydroxylation is 1. The molecule has 154 valence electrons. The summed E-state index contributed by atoms with van der Waals surface area (Å²) in [6.07, 6.45) is 0. The van der Waals surface area contributed by atoms with Crippen molar-refractivity contribution in [3.8, 4) is 11.5 Å². The smallest absolute Gasteiger partial charge is 0.278 e. The minimum atomic E-state index is -0.245. The molecule has 0 saturated carbocycles. The van der Waals surface area contributed by atoms with Gasteiger partial charge < -0.3 is 20.1 Å². The highest BCUT2D eigenvalue weighted by molar-refractivity contribution is 5.79. The standard InChI is InChI=1S/C25H26N2O3/c1-17-8-11-21(12-9-17)24(20-6-4-3-5-7-20)27-18(2)25(28)26-15-19-10-13-22-23(14-19)30-16-29-22/h3-14,18,24,27H,15-16H2,1-2H3,(H,26,28)/p+1/t18-,24+/m0/s1. The highest BCUT2D eigenvalue weighted by atomic mass is 16.7. The van der Waals surface area contributed by atoms with E-state index in [1.54, 1.807) is 0 Å². The molecule has 0 bridgehead atoms. The number of carbonyl (C=O) groups excluding carboxylic acids is 1. The molecule has 1 aliphatic rings. The topological polar surface area (TPSA) is 64.2 Å². The van der Waals surface area contributed by atoms with E-state index < -0.39 is 0 Å². The molecule has 30 heavy (non-hydrogen) atoms. The maximum atomic E-state index is 12.8. The summed E-state index contributed by atoms with van der Waals surface area (Å²) in [7, 11) is 0. The number of nitrogens with two attached hydrogens (primary N) is 1.